The highest BCUT2D eigenvalue weighted by Gasteiger charge is 2.23. The van der Waals surface area contributed by atoms with E-state index in [0.29, 0.717) is 50.5 Å². The Balaban J connectivity index is 1.25. The lowest BCUT2D eigenvalue weighted by Gasteiger charge is -2.35. The minimum atomic E-state index is -0.0673. The first-order valence-corrected chi connectivity index (χ1v) is 10.4. The number of nitriles is 1. The molecule has 0 saturated carbocycles. The molecule has 0 bridgehead atoms. The number of rotatable bonds is 6. The summed E-state index contributed by atoms with van der Waals surface area (Å²) in [6, 6.07) is 15.9. The van der Waals surface area contributed by atoms with Crippen LogP contribution in [0.1, 0.15) is 17.0 Å². The molecule has 0 unspecified atom stereocenters. The Morgan fingerprint density at radius 2 is 1.84 bits per heavy atom. The van der Waals surface area contributed by atoms with Crippen molar-refractivity contribution < 1.29 is 4.79 Å². The molecule has 4 rings (SSSR count). The normalized spacial score (nSPS) is 13.6. The maximum atomic E-state index is 12.6. The number of pyridine rings is 1. The van der Waals surface area contributed by atoms with E-state index < -0.39 is 0 Å². The molecular weight excluding hydrogens is 390 g/mol. The number of hydrogen-bond donors (Lipinski definition) is 1. The number of hydrogen-bond acceptors (Lipinski definition) is 5. The van der Waals surface area contributed by atoms with Crippen molar-refractivity contribution in [2.45, 2.75) is 13.0 Å². The molecule has 1 fully saturated rings. The number of urea groups is 1. The van der Waals surface area contributed by atoms with Crippen LogP contribution in [0.5, 0.6) is 0 Å². The Morgan fingerprint density at radius 1 is 1.03 bits per heavy atom. The van der Waals surface area contributed by atoms with Gasteiger partial charge in [0.1, 0.15) is 17.7 Å². The highest BCUT2D eigenvalue weighted by molar-refractivity contribution is 5.74. The Morgan fingerprint density at radius 3 is 2.61 bits per heavy atom. The van der Waals surface area contributed by atoms with Gasteiger partial charge in [-0.05, 0) is 17.7 Å². The van der Waals surface area contributed by atoms with E-state index in [0.717, 1.165) is 12.4 Å². The number of benzene rings is 1. The molecule has 0 aliphatic carbocycles. The van der Waals surface area contributed by atoms with Gasteiger partial charge in [-0.15, -0.1) is 0 Å². The fourth-order valence-electron chi connectivity index (χ4n) is 3.74. The lowest BCUT2D eigenvalue weighted by atomic mass is 10.2. The van der Waals surface area contributed by atoms with Crippen LogP contribution < -0.4 is 10.2 Å². The quantitative estimate of drug-likeness (QED) is 0.667. The smallest absolute Gasteiger partial charge is 0.317 e. The Labute approximate surface area is 181 Å². The maximum Gasteiger partial charge on any atom is 0.317 e. The molecule has 3 aromatic rings. The third kappa shape index (κ3) is 5.01. The fraction of sp³-hybridized carbons (Fsp3) is 0.304. The summed E-state index contributed by atoms with van der Waals surface area (Å²) in [5.41, 5.74) is 1.78. The van der Waals surface area contributed by atoms with Gasteiger partial charge >= 0.3 is 6.03 Å². The molecular formula is C23H25N7O. The van der Waals surface area contributed by atoms with Crippen LogP contribution in [-0.4, -0.2) is 58.2 Å². The number of imidazole rings is 1. The van der Waals surface area contributed by atoms with Gasteiger partial charge in [0.05, 0.1) is 5.56 Å². The van der Waals surface area contributed by atoms with Crippen molar-refractivity contribution in [1.82, 2.24) is 24.8 Å². The van der Waals surface area contributed by atoms with Gasteiger partial charge in [-0.3, -0.25) is 0 Å². The average Bonchev–Trinajstić information content (AvgIpc) is 3.26. The molecule has 158 valence electrons. The monoisotopic (exact) mass is 415 g/mol. The average molecular weight is 416 g/mol. The molecule has 1 saturated heterocycles. The predicted octanol–water partition coefficient (Wildman–Crippen LogP) is 2.27. The van der Waals surface area contributed by atoms with Crippen molar-refractivity contribution in [3.05, 3.63) is 78.0 Å². The van der Waals surface area contributed by atoms with Crippen molar-refractivity contribution >= 4 is 11.8 Å². The predicted molar refractivity (Wildman–Crippen MR) is 118 cm³/mol. The molecule has 8 heteroatoms. The van der Waals surface area contributed by atoms with Gasteiger partial charge in [-0.25, -0.2) is 14.8 Å². The van der Waals surface area contributed by atoms with Gasteiger partial charge in [-0.2, -0.15) is 5.26 Å². The van der Waals surface area contributed by atoms with Crippen LogP contribution in [0, 0.1) is 11.3 Å². The topological polar surface area (TPSA) is 90.1 Å². The van der Waals surface area contributed by atoms with Crippen molar-refractivity contribution in [2.24, 2.45) is 0 Å². The zero-order valence-electron chi connectivity index (χ0n) is 17.3. The van der Waals surface area contributed by atoms with E-state index in [2.05, 4.69) is 43.0 Å². The first-order valence-electron chi connectivity index (χ1n) is 10.4. The third-order valence-electron chi connectivity index (χ3n) is 5.40. The summed E-state index contributed by atoms with van der Waals surface area (Å²) in [5.74, 6) is 1.64. The number of nitrogens with one attached hydrogen (secondary N) is 1. The Hall–Kier alpha value is -3.86. The van der Waals surface area contributed by atoms with Crippen LogP contribution in [0.4, 0.5) is 10.6 Å². The number of piperazine rings is 1. The van der Waals surface area contributed by atoms with Crippen LogP contribution in [0.2, 0.25) is 0 Å². The van der Waals surface area contributed by atoms with E-state index in [1.165, 1.54) is 5.56 Å². The van der Waals surface area contributed by atoms with E-state index >= 15 is 0 Å². The Kier molecular flexibility index (Phi) is 6.43. The SMILES string of the molecule is N#Cc1cccnc1N1CCN(C(=O)NCCc2nccn2Cc2ccccc2)CC1. The molecule has 2 aromatic heterocycles. The zero-order chi connectivity index (χ0) is 21.5. The summed E-state index contributed by atoms with van der Waals surface area (Å²) in [6.07, 6.45) is 6.13. The summed E-state index contributed by atoms with van der Waals surface area (Å²) in [7, 11) is 0. The molecule has 0 atom stereocenters. The number of anilines is 1. The van der Waals surface area contributed by atoms with Crippen LogP contribution in [0.3, 0.4) is 0 Å². The van der Waals surface area contributed by atoms with E-state index in [9.17, 15) is 10.1 Å². The number of carbonyl (C=O) groups is 1. The first-order chi connectivity index (χ1) is 15.2. The number of amides is 2. The van der Waals surface area contributed by atoms with Gasteiger partial charge in [0.25, 0.3) is 0 Å². The number of carbonyl (C=O) groups excluding carboxylic acids is 1. The molecule has 31 heavy (non-hydrogen) atoms. The molecule has 0 spiro atoms. The van der Waals surface area contributed by atoms with Crippen LogP contribution >= 0.6 is 0 Å². The molecule has 1 N–H and O–H groups in total. The van der Waals surface area contributed by atoms with Crippen LogP contribution in [0.25, 0.3) is 0 Å². The van der Waals surface area contributed by atoms with E-state index in [-0.39, 0.29) is 6.03 Å². The zero-order valence-corrected chi connectivity index (χ0v) is 17.3. The second kappa shape index (κ2) is 9.76. The van der Waals surface area contributed by atoms with Crippen molar-refractivity contribution in [3.63, 3.8) is 0 Å². The minimum absolute atomic E-state index is 0.0673. The van der Waals surface area contributed by atoms with Gasteiger partial charge < -0.3 is 19.7 Å². The summed E-state index contributed by atoms with van der Waals surface area (Å²) in [6.45, 7) is 3.79. The number of aromatic nitrogens is 3. The summed E-state index contributed by atoms with van der Waals surface area (Å²) < 4.78 is 2.11. The van der Waals surface area contributed by atoms with Gasteiger partial charge in [0.15, 0.2) is 0 Å². The van der Waals surface area contributed by atoms with E-state index in [1.807, 2.05) is 29.3 Å². The summed E-state index contributed by atoms with van der Waals surface area (Å²) in [4.78, 5) is 25.2. The first kappa shape index (κ1) is 20.4. The van der Waals surface area contributed by atoms with E-state index in [1.54, 1.807) is 24.5 Å². The standard InChI is InChI=1S/C23H25N7O/c24-17-20-7-4-9-26-22(20)28-13-15-29(16-14-28)23(31)27-10-8-21-25-11-12-30(21)18-19-5-2-1-3-6-19/h1-7,9,11-12H,8,10,13-16,18H2,(H,27,31). The fourth-order valence-corrected chi connectivity index (χ4v) is 3.74. The molecule has 0 radical (unpaired) electrons. The van der Waals surface area contributed by atoms with Crippen molar-refractivity contribution in [2.75, 3.05) is 37.6 Å². The van der Waals surface area contributed by atoms with E-state index in [4.69, 9.17) is 0 Å². The van der Waals surface area contributed by atoms with Gasteiger partial charge in [0.2, 0.25) is 0 Å². The highest BCUT2D eigenvalue weighted by atomic mass is 16.2. The van der Waals surface area contributed by atoms with Crippen LogP contribution in [-0.2, 0) is 13.0 Å². The van der Waals surface area contributed by atoms with Crippen LogP contribution in [0.15, 0.2) is 61.1 Å². The summed E-state index contributed by atoms with van der Waals surface area (Å²) >= 11 is 0. The summed E-state index contributed by atoms with van der Waals surface area (Å²) in [5, 5.41) is 12.3. The Bertz CT molecular complexity index is 1050. The second-order valence-electron chi connectivity index (χ2n) is 7.40. The molecule has 1 aromatic carbocycles. The molecule has 1 aliphatic rings. The lowest BCUT2D eigenvalue weighted by molar-refractivity contribution is 0.194. The largest absolute Gasteiger partial charge is 0.352 e. The van der Waals surface area contributed by atoms with Crippen molar-refractivity contribution in [1.29, 1.82) is 5.26 Å². The van der Waals surface area contributed by atoms with Gasteiger partial charge in [0, 0.05) is 64.3 Å². The van der Waals surface area contributed by atoms with Crippen molar-refractivity contribution in [3.8, 4) is 6.07 Å². The molecule has 3 heterocycles. The lowest BCUT2D eigenvalue weighted by Crippen LogP contribution is -2.52. The minimum Gasteiger partial charge on any atom is -0.352 e. The second-order valence-corrected chi connectivity index (χ2v) is 7.40. The molecule has 1 aliphatic heterocycles. The highest BCUT2D eigenvalue weighted by Crippen LogP contribution is 2.18. The number of nitrogens with zero attached hydrogens (tertiary/aromatic N) is 6. The third-order valence-corrected chi connectivity index (χ3v) is 5.40. The maximum absolute atomic E-state index is 12.6. The molecule has 8 nitrogen and oxygen atoms in total. The molecule has 2 amide bonds. The van der Waals surface area contributed by atoms with Gasteiger partial charge in [-0.1, -0.05) is 30.3 Å².